The van der Waals surface area contributed by atoms with Crippen molar-refractivity contribution in [3.63, 3.8) is 0 Å². The average molecular weight is 311 g/mol. The molecule has 0 radical (unpaired) electrons. The van der Waals surface area contributed by atoms with Gasteiger partial charge in [-0.3, -0.25) is 9.79 Å². The van der Waals surface area contributed by atoms with E-state index in [1.807, 2.05) is 30.3 Å². The molecule has 3 rings (SSSR count). The van der Waals surface area contributed by atoms with Crippen LogP contribution in [0.15, 0.2) is 46.7 Å². The van der Waals surface area contributed by atoms with Crippen LogP contribution in [0, 0.1) is 5.92 Å². The van der Waals surface area contributed by atoms with Crippen molar-refractivity contribution >= 4 is 12.0 Å². The molecule has 0 spiro atoms. The Kier molecular flexibility index (Phi) is 4.94. The van der Waals surface area contributed by atoms with Crippen LogP contribution >= 0.6 is 0 Å². The fourth-order valence-electron chi connectivity index (χ4n) is 3.59. The Morgan fingerprint density at radius 3 is 2.43 bits per heavy atom. The van der Waals surface area contributed by atoms with Crippen LogP contribution in [0.5, 0.6) is 0 Å². The number of carbonyl (C=O) groups excluding carboxylic acids is 1. The van der Waals surface area contributed by atoms with E-state index < -0.39 is 0 Å². The topological polar surface area (TPSA) is 49.7 Å². The number of carbonyl (C=O) groups is 1. The molecule has 0 saturated heterocycles. The molecule has 23 heavy (non-hydrogen) atoms. The first-order chi connectivity index (χ1) is 11.1. The van der Waals surface area contributed by atoms with Gasteiger partial charge in [0.15, 0.2) is 5.78 Å². The van der Waals surface area contributed by atoms with Gasteiger partial charge in [0.1, 0.15) is 5.76 Å². The lowest BCUT2D eigenvalue weighted by Gasteiger charge is -2.24. The fraction of sp³-hybridized carbons (Fsp3) is 0.500. The second kappa shape index (κ2) is 7.12. The Labute approximate surface area is 138 Å². The maximum atomic E-state index is 12.4. The maximum absolute atomic E-state index is 12.4. The molecule has 1 N–H and O–H groups in total. The summed E-state index contributed by atoms with van der Waals surface area (Å²) in [6.07, 6.45) is 7.21. The van der Waals surface area contributed by atoms with Gasteiger partial charge in [0.2, 0.25) is 0 Å². The number of rotatable bonds is 3. The number of aliphatic hydroxyl groups is 1. The van der Waals surface area contributed by atoms with Gasteiger partial charge in [-0.25, -0.2) is 0 Å². The zero-order valence-corrected chi connectivity index (χ0v) is 13.7. The third kappa shape index (κ3) is 3.90. The zero-order chi connectivity index (χ0) is 16.2. The van der Waals surface area contributed by atoms with Crippen LogP contribution in [-0.2, 0) is 4.79 Å². The van der Waals surface area contributed by atoms with E-state index in [1.165, 1.54) is 12.8 Å². The summed E-state index contributed by atoms with van der Waals surface area (Å²) in [5, 5.41) is 10.3. The summed E-state index contributed by atoms with van der Waals surface area (Å²) in [7, 11) is 0. The molecule has 2 aliphatic rings. The van der Waals surface area contributed by atoms with Crippen molar-refractivity contribution < 1.29 is 9.90 Å². The number of benzene rings is 1. The molecule has 0 aliphatic heterocycles. The van der Waals surface area contributed by atoms with E-state index in [-0.39, 0.29) is 17.5 Å². The Hall–Kier alpha value is -1.90. The lowest BCUT2D eigenvalue weighted by Crippen LogP contribution is -2.20. The van der Waals surface area contributed by atoms with Crippen LogP contribution in [0.3, 0.4) is 0 Å². The Balaban J connectivity index is 1.69. The highest BCUT2D eigenvalue weighted by molar-refractivity contribution is 6.14. The summed E-state index contributed by atoms with van der Waals surface area (Å²) in [6.45, 7) is 2.28. The molecular formula is C20H25NO2. The molecule has 0 amide bonds. The highest BCUT2D eigenvalue weighted by Crippen LogP contribution is 2.33. The molecule has 0 aromatic heterocycles. The smallest absolute Gasteiger partial charge is 0.168 e. The highest BCUT2D eigenvalue weighted by Gasteiger charge is 2.28. The first-order valence-electron chi connectivity index (χ1n) is 8.67. The van der Waals surface area contributed by atoms with Crippen molar-refractivity contribution in [1.29, 1.82) is 0 Å². The quantitative estimate of drug-likeness (QED) is 0.830. The first kappa shape index (κ1) is 16.0. The van der Waals surface area contributed by atoms with Gasteiger partial charge in [0.05, 0.1) is 5.57 Å². The molecule has 1 aromatic carbocycles. The normalized spacial score (nSPS) is 29.3. The van der Waals surface area contributed by atoms with E-state index in [0.717, 1.165) is 24.3 Å². The van der Waals surface area contributed by atoms with Gasteiger partial charge in [0.25, 0.3) is 0 Å². The van der Waals surface area contributed by atoms with Crippen LogP contribution in [-0.4, -0.2) is 23.1 Å². The molecule has 3 heteroatoms. The summed E-state index contributed by atoms with van der Waals surface area (Å²) in [5.74, 6) is 1.08. The number of ketones is 1. The fourth-order valence-corrected chi connectivity index (χ4v) is 3.59. The van der Waals surface area contributed by atoms with Crippen LogP contribution in [0.25, 0.3) is 0 Å². The van der Waals surface area contributed by atoms with E-state index in [4.69, 9.17) is 0 Å². The minimum Gasteiger partial charge on any atom is -0.511 e. The second-order valence-corrected chi connectivity index (χ2v) is 6.99. The van der Waals surface area contributed by atoms with Gasteiger partial charge < -0.3 is 5.11 Å². The molecule has 0 bridgehead atoms. The first-order valence-corrected chi connectivity index (χ1v) is 8.67. The molecule has 1 atom stereocenters. The van der Waals surface area contributed by atoms with Crippen molar-refractivity contribution in [2.45, 2.75) is 57.4 Å². The molecule has 0 heterocycles. The van der Waals surface area contributed by atoms with Gasteiger partial charge in [-0.2, -0.15) is 0 Å². The molecule has 1 fully saturated rings. The van der Waals surface area contributed by atoms with E-state index >= 15 is 0 Å². The Bertz CT molecular complexity index is 610. The summed E-state index contributed by atoms with van der Waals surface area (Å²) in [5.41, 5.74) is 1.54. The van der Waals surface area contributed by atoms with Crippen LogP contribution in [0.2, 0.25) is 0 Å². The Morgan fingerprint density at radius 1 is 1.09 bits per heavy atom. The van der Waals surface area contributed by atoms with E-state index in [9.17, 15) is 9.90 Å². The largest absolute Gasteiger partial charge is 0.511 e. The second-order valence-electron chi connectivity index (χ2n) is 6.99. The minimum absolute atomic E-state index is 0.00975. The molecule has 1 unspecified atom stereocenters. The SMILES string of the molecule is CC1CCC(N=CC2=C(O)CC(c3ccccc3)CC2=O)CC1. The third-order valence-corrected chi connectivity index (χ3v) is 5.15. The summed E-state index contributed by atoms with van der Waals surface area (Å²) in [4.78, 5) is 17.0. The summed E-state index contributed by atoms with van der Waals surface area (Å²) in [6, 6.07) is 10.3. The molecule has 1 saturated carbocycles. The molecule has 1 aromatic rings. The van der Waals surface area contributed by atoms with Crippen LogP contribution in [0.4, 0.5) is 0 Å². The van der Waals surface area contributed by atoms with Gasteiger partial charge in [-0.15, -0.1) is 0 Å². The predicted octanol–water partition coefficient (Wildman–Crippen LogP) is 4.59. The number of hydrogen-bond donors (Lipinski definition) is 1. The van der Waals surface area contributed by atoms with E-state index in [1.54, 1.807) is 6.21 Å². The number of Topliss-reactive ketones (excluding diaryl/α,β-unsaturated/α-hetero) is 1. The number of allylic oxidation sites excluding steroid dienone is 2. The maximum Gasteiger partial charge on any atom is 0.168 e. The van der Waals surface area contributed by atoms with Crippen LogP contribution < -0.4 is 0 Å². The van der Waals surface area contributed by atoms with E-state index in [2.05, 4.69) is 11.9 Å². The van der Waals surface area contributed by atoms with Crippen molar-refractivity contribution in [3.8, 4) is 0 Å². The molecule has 2 aliphatic carbocycles. The van der Waals surface area contributed by atoms with Crippen LogP contribution in [0.1, 0.15) is 56.9 Å². The van der Waals surface area contributed by atoms with Crippen molar-refractivity contribution in [3.05, 3.63) is 47.2 Å². The van der Waals surface area contributed by atoms with Gasteiger partial charge >= 0.3 is 0 Å². The van der Waals surface area contributed by atoms with Crippen molar-refractivity contribution in [1.82, 2.24) is 0 Å². The lowest BCUT2D eigenvalue weighted by atomic mass is 9.83. The van der Waals surface area contributed by atoms with Gasteiger partial charge in [0, 0.05) is 25.1 Å². The number of aliphatic hydroxyl groups excluding tert-OH is 1. The molecule has 122 valence electrons. The standard InChI is InChI=1S/C20H25NO2/c1-14-7-9-17(10-8-14)21-13-18-19(22)11-16(12-20(18)23)15-5-3-2-4-6-15/h2-6,13-14,16-17,22H,7-12H2,1H3. The average Bonchev–Trinajstić information content (AvgIpc) is 2.56. The monoisotopic (exact) mass is 311 g/mol. The predicted molar refractivity (Wildman–Crippen MR) is 93.0 cm³/mol. The third-order valence-electron chi connectivity index (χ3n) is 5.15. The summed E-state index contributed by atoms with van der Waals surface area (Å²) >= 11 is 0. The molecular weight excluding hydrogens is 286 g/mol. The van der Waals surface area contributed by atoms with Crippen molar-refractivity contribution in [2.75, 3.05) is 0 Å². The van der Waals surface area contributed by atoms with Gasteiger partial charge in [-0.1, -0.05) is 37.3 Å². The zero-order valence-electron chi connectivity index (χ0n) is 13.7. The minimum atomic E-state index is 0.00975. The van der Waals surface area contributed by atoms with E-state index in [0.29, 0.717) is 24.5 Å². The Morgan fingerprint density at radius 2 is 1.78 bits per heavy atom. The number of aliphatic imine (C=N–C) groups is 1. The molecule has 3 nitrogen and oxygen atoms in total. The number of hydrogen-bond acceptors (Lipinski definition) is 3. The summed E-state index contributed by atoms with van der Waals surface area (Å²) < 4.78 is 0. The lowest BCUT2D eigenvalue weighted by molar-refractivity contribution is -0.116. The van der Waals surface area contributed by atoms with Gasteiger partial charge in [-0.05, 0) is 43.1 Å². The van der Waals surface area contributed by atoms with Crippen molar-refractivity contribution in [2.24, 2.45) is 10.9 Å². The number of nitrogens with zero attached hydrogens (tertiary/aromatic N) is 1. The highest BCUT2D eigenvalue weighted by atomic mass is 16.3.